The van der Waals surface area contributed by atoms with Crippen LogP contribution in [0.3, 0.4) is 0 Å². The summed E-state index contributed by atoms with van der Waals surface area (Å²) in [5.41, 5.74) is 7.58. The highest BCUT2D eigenvalue weighted by Gasteiger charge is 2.24. The maximum Gasteiger partial charge on any atom is 0.170 e. The van der Waals surface area contributed by atoms with Crippen molar-refractivity contribution in [2.75, 3.05) is 13.1 Å². The lowest BCUT2D eigenvalue weighted by Crippen LogP contribution is -2.21. The Bertz CT molecular complexity index is 439. The van der Waals surface area contributed by atoms with Gasteiger partial charge in [0.15, 0.2) is 5.84 Å². The Morgan fingerprint density at radius 1 is 1.42 bits per heavy atom. The number of nitrogens with zero attached hydrogens (tertiary/aromatic N) is 2. The SMILES string of the molecule is CC(C)C1CCN(Cc2ccc(/C(N)=N/O)cc2)C1. The van der Waals surface area contributed by atoms with E-state index in [2.05, 4.69) is 36.0 Å². The normalized spacial score (nSPS) is 21.2. The molecule has 1 aliphatic heterocycles. The largest absolute Gasteiger partial charge is 0.409 e. The van der Waals surface area contributed by atoms with Crippen LogP contribution in [0, 0.1) is 11.8 Å². The zero-order chi connectivity index (χ0) is 13.8. The van der Waals surface area contributed by atoms with E-state index in [4.69, 9.17) is 10.9 Å². The number of rotatable bonds is 4. The predicted octanol–water partition coefficient (Wildman–Crippen LogP) is 2.26. The molecule has 2 rings (SSSR count). The molecule has 1 atom stereocenters. The molecule has 0 spiro atoms. The van der Waals surface area contributed by atoms with Crippen molar-refractivity contribution in [3.8, 4) is 0 Å². The summed E-state index contributed by atoms with van der Waals surface area (Å²) in [6, 6.07) is 7.91. The van der Waals surface area contributed by atoms with Crippen LogP contribution >= 0.6 is 0 Å². The molecule has 0 bridgehead atoms. The lowest BCUT2D eigenvalue weighted by atomic mass is 9.95. The third-order valence-corrected chi connectivity index (χ3v) is 4.02. The molecule has 0 amide bonds. The molecule has 1 unspecified atom stereocenters. The highest BCUT2D eigenvalue weighted by atomic mass is 16.4. The number of amidine groups is 1. The number of nitrogens with two attached hydrogens (primary N) is 1. The summed E-state index contributed by atoms with van der Waals surface area (Å²) in [4.78, 5) is 2.50. The van der Waals surface area contributed by atoms with Gasteiger partial charge in [0.05, 0.1) is 0 Å². The third-order valence-electron chi connectivity index (χ3n) is 4.02. The molecule has 1 heterocycles. The lowest BCUT2D eigenvalue weighted by Gasteiger charge is -2.18. The minimum Gasteiger partial charge on any atom is -0.409 e. The topological polar surface area (TPSA) is 61.8 Å². The van der Waals surface area contributed by atoms with Crippen LogP contribution in [-0.4, -0.2) is 29.0 Å². The molecule has 1 aromatic rings. The molecular weight excluding hydrogens is 238 g/mol. The minimum atomic E-state index is 0.160. The second kappa shape index (κ2) is 6.06. The van der Waals surface area contributed by atoms with Crippen molar-refractivity contribution in [3.05, 3.63) is 35.4 Å². The Labute approximate surface area is 114 Å². The zero-order valence-corrected chi connectivity index (χ0v) is 11.7. The summed E-state index contributed by atoms with van der Waals surface area (Å²) >= 11 is 0. The summed E-state index contributed by atoms with van der Waals surface area (Å²) in [5, 5.41) is 11.6. The Kier molecular flexibility index (Phi) is 4.43. The van der Waals surface area contributed by atoms with E-state index in [-0.39, 0.29) is 5.84 Å². The fourth-order valence-electron chi connectivity index (χ4n) is 2.65. The molecule has 1 fully saturated rings. The minimum absolute atomic E-state index is 0.160. The fraction of sp³-hybridized carbons (Fsp3) is 0.533. The van der Waals surface area contributed by atoms with Crippen LogP contribution in [0.5, 0.6) is 0 Å². The van der Waals surface area contributed by atoms with Crippen molar-refractivity contribution >= 4 is 5.84 Å². The Balaban J connectivity index is 1.94. The molecule has 104 valence electrons. The summed E-state index contributed by atoms with van der Waals surface area (Å²) in [7, 11) is 0. The van der Waals surface area contributed by atoms with Crippen LogP contribution in [0.15, 0.2) is 29.4 Å². The van der Waals surface area contributed by atoms with Gasteiger partial charge in [0.2, 0.25) is 0 Å². The van der Waals surface area contributed by atoms with E-state index in [1.807, 2.05) is 12.1 Å². The molecule has 4 heteroatoms. The van der Waals surface area contributed by atoms with Gasteiger partial charge in [-0.15, -0.1) is 0 Å². The van der Waals surface area contributed by atoms with E-state index >= 15 is 0 Å². The number of benzene rings is 1. The molecule has 1 aliphatic rings. The maximum atomic E-state index is 8.62. The van der Waals surface area contributed by atoms with Crippen molar-refractivity contribution in [1.82, 2.24) is 4.90 Å². The standard InChI is InChI=1S/C15H23N3O/c1-11(2)14-7-8-18(10-14)9-12-3-5-13(6-4-12)15(16)17-19/h3-6,11,14,19H,7-10H2,1-2H3,(H2,16,17). The van der Waals surface area contributed by atoms with E-state index in [0.29, 0.717) is 0 Å². The molecular formula is C15H23N3O. The van der Waals surface area contributed by atoms with Gasteiger partial charge in [0.1, 0.15) is 0 Å². The van der Waals surface area contributed by atoms with Crippen molar-refractivity contribution in [2.45, 2.75) is 26.8 Å². The van der Waals surface area contributed by atoms with Crippen LogP contribution < -0.4 is 5.73 Å². The zero-order valence-electron chi connectivity index (χ0n) is 11.7. The first kappa shape index (κ1) is 13.9. The monoisotopic (exact) mass is 261 g/mol. The van der Waals surface area contributed by atoms with Crippen molar-refractivity contribution in [3.63, 3.8) is 0 Å². The molecule has 0 aliphatic carbocycles. The Morgan fingerprint density at radius 3 is 2.63 bits per heavy atom. The molecule has 1 saturated heterocycles. The lowest BCUT2D eigenvalue weighted by molar-refractivity contribution is 0.297. The fourth-order valence-corrected chi connectivity index (χ4v) is 2.65. The second-order valence-corrected chi connectivity index (χ2v) is 5.71. The summed E-state index contributed by atoms with van der Waals surface area (Å²) < 4.78 is 0. The smallest absolute Gasteiger partial charge is 0.170 e. The van der Waals surface area contributed by atoms with Crippen LogP contribution in [-0.2, 0) is 6.54 Å². The highest BCUT2D eigenvalue weighted by Crippen LogP contribution is 2.24. The van der Waals surface area contributed by atoms with Gasteiger partial charge in [-0.25, -0.2) is 0 Å². The van der Waals surface area contributed by atoms with Gasteiger partial charge in [-0.05, 0) is 30.4 Å². The van der Waals surface area contributed by atoms with E-state index in [0.717, 1.165) is 23.9 Å². The number of oxime groups is 1. The number of likely N-dealkylation sites (tertiary alicyclic amines) is 1. The molecule has 19 heavy (non-hydrogen) atoms. The molecule has 0 saturated carbocycles. The van der Waals surface area contributed by atoms with Gasteiger partial charge in [0.25, 0.3) is 0 Å². The van der Waals surface area contributed by atoms with E-state index in [9.17, 15) is 0 Å². The molecule has 0 radical (unpaired) electrons. The first-order valence-corrected chi connectivity index (χ1v) is 6.89. The van der Waals surface area contributed by atoms with Crippen molar-refractivity contribution in [2.24, 2.45) is 22.7 Å². The summed E-state index contributed by atoms with van der Waals surface area (Å²) in [5.74, 6) is 1.76. The Hall–Kier alpha value is -1.55. The average Bonchev–Trinajstić information content (AvgIpc) is 2.87. The first-order valence-electron chi connectivity index (χ1n) is 6.89. The van der Waals surface area contributed by atoms with Crippen LogP contribution in [0.1, 0.15) is 31.4 Å². The number of hydrogen-bond acceptors (Lipinski definition) is 3. The first-order chi connectivity index (χ1) is 9.10. The van der Waals surface area contributed by atoms with Gasteiger partial charge >= 0.3 is 0 Å². The van der Waals surface area contributed by atoms with Crippen LogP contribution in [0.4, 0.5) is 0 Å². The molecule has 0 aromatic heterocycles. The predicted molar refractivity (Wildman–Crippen MR) is 77.2 cm³/mol. The van der Waals surface area contributed by atoms with Gasteiger partial charge in [-0.2, -0.15) is 0 Å². The van der Waals surface area contributed by atoms with Crippen LogP contribution in [0.25, 0.3) is 0 Å². The highest BCUT2D eigenvalue weighted by molar-refractivity contribution is 5.96. The van der Waals surface area contributed by atoms with Crippen molar-refractivity contribution < 1.29 is 5.21 Å². The van der Waals surface area contributed by atoms with E-state index < -0.39 is 0 Å². The summed E-state index contributed by atoms with van der Waals surface area (Å²) in [6.45, 7) is 7.98. The van der Waals surface area contributed by atoms with Gasteiger partial charge in [-0.1, -0.05) is 43.3 Å². The van der Waals surface area contributed by atoms with E-state index in [1.54, 1.807) is 0 Å². The number of hydrogen-bond donors (Lipinski definition) is 2. The molecule has 1 aromatic carbocycles. The second-order valence-electron chi connectivity index (χ2n) is 5.71. The average molecular weight is 261 g/mol. The molecule has 4 nitrogen and oxygen atoms in total. The quantitative estimate of drug-likeness (QED) is 0.378. The van der Waals surface area contributed by atoms with Crippen LogP contribution in [0.2, 0.25) is 0 Å². The Morgan fingerprint density at radius 2 is 2.11 bits per heavy atom. The maximum absolute atomic E-state index is 8.62. The molecule has 3 N–H and O–H groups in total. The van der Waals surface area contributed by atoms with Crippen molar-refractivity contribution in [1.29, 1.82) is 0 Å². The van der Waals surface area contributed by atoms with E-state index in [1.165, 1.54) is 25.1 Å². The summed E-state index contributed by atoms with van der Waals surface area (Å²) in [6.07, 6.45) is 1.31. The third kappa shape index (κ3) is 3.47. The van der Waals surface area contributed by atoms with Gasteiger partial charge in [0, 0.05) is 18.7 Å². The van der Waals surface area contributed by atoms with Gasteiger partial charge < -0.3 is 10.9 Å². The van der Waals surface area contributed by atoms with Gasteiger partial charge in [-0.3, -0.25) is 4.90 Å².